The molecule has 0 aliphatic heterocycles. The van der Waals surface area contributed by atoms with Crippen molar-refractivity contribution in [3.63, 3.8) is 0 Å². The molecule has 0 amide bonds. The van der Waals surface area contributed by atoms with Crippen molar-refractivity contribution < 1.29 is 0 Å². The maximum atomic E-state index is 4.34. The quantitative estimate of drug-likeness (QED) is 0.849. The van der Waals surface area contributed by atoms with Crippen molar-refractivity contribution in [3.8, 4) is 0 Å². The molecule has 2 rings (SSSR count). The minimum Gasteiger partial charge on any atom is -0.313 e. The molecule has 18 heavy (non-hydrogen) atoms. The van der Waals surface area contributed by atoms with E-state index in [9.17, 15) is 0 Å². The fraction of sp³-hybridized carbons (Fsp3) is 0.714. The Hall–Kier alpha value is -0.610. The van der Waals surface area contributed by atoms with E-state index >= 15 is 0 Å². The van der Waals surface area contributed by atoms with Gasteiger partial charge in [0.15, 0.2) is 0 Å². The Morgan fingerprint density at radius 1 is 1.50 bits per heavy atom. The topological polar surface area (TPSA) is 37.8 Å². The molecule has 1 saturated carbocycles. The molecule has 1 aliphatic rings. The standard InChI is InChI=1S/C14H23N3S/c1-4-16-11-5-7-14(2,3)9-12(11)18-13-6-8-15-10-17-13/h6,8,10-12,16H,4-5,7,9H2,1-3H3. The zero-order valence-corrected chi connectivity index (χ0v) is 12.3. The van der Waals surface area contributed by atoms with Crippen LogP contribution in [0.2, 0.25) is 0 Å². The molecular formula is C14H23N3S. The molecule has 1 aliphatic carbocycles. The summed E-state index contributed by atoms with van der Waals surface area (Å²) in [5.41, 5.74) is 0.455. The highest BCUT2D eigenvalue weighted by atomic mass is 32.2. The van der Waals surface area contributed by atoms with Gasteiger partial charge in [-0.3, -0.25) is 0 Å². The second-order valence-electron chi connectivity index (χ2n) is 5.78. The van der Waals surface area contributed by atoms with Crippen molar-refractivity contribution in [3.05, 3.63) is 18.6 Å². The van der Waals surface area contributed by atoms with Crippen molar-refractivity contribution in [1.82, 2.24) is 15.3 Å². The lowest BCUT2D eigenvalue weighted by Gasteiger charge is -2.40. The van der Waals surface area contributed by atoms with Crippen LogP contribution in [0.4, 0.5) is 0 Å². The van der Waals surface area contributed by atoms with Gasteiger partial charge < -0.3 is 5.32 Å². The Balaban J connectivity index is 2.05. The summed E-state index contributed by atoms with van der Waals surface area (Å²) in [6.07, 6.45) is 7.29. The molecule has 2 atom stereocenters. The van der Waals surface area contributed by atoms with Gasteiger partial charge in [-0.05, 0) is 37.3 Å². The van der Waals surface area contributed by atoms with Crippen LogP contribution >= 0.6 is 11.8 Å². The van der Waals surface area contributed by atoms with E-state index in [2.05, 4.69) is 36.1 Å². The zero-order valence-electron chi connectivity index (χ0n) is 11.5. The number of nitrogens with zero attached hydrogens (tertiary/aromatic N) is 2. The van der Waals surface area contributed by atoms with Gasteiger partial charge in [-0.25, -0.2) is 9.97 Å². The first-order chi connectivity index (χ1) is 8.61. The molecule has 0 saturated heterocycles. The van der Waals surface area contributed by atoms with E-state index in [-0.39, 0.29) is 0 Å². The van der Waals surface area contributed by atoms with E-state index in [1.807, 2.05) is 24.0 Å². The average Bonchev–Trinajstić information content (AvgIpc) is 2.34. The predicted molar refractivity (Wildman–Crippen MR) is 76.8 cm³/mol. The third-order valence-corrected chi connectivity index (χ3v) is 4.91. The lowest BCUT2D eigenvalue weighted by molar-refractivity contribution is 0.215. The molecular weight excluding hydrogens is 242 g/mol. The summed E-state index contributed by atoms with van der Waals surface area (Å²) < 4.78 is 0. The maximum absolute atomic E-state index is 4.34. The van der Waals surface area contributed by atoms with E-state index < -0.39 is 0 Å². The maximum Gasteiger partial charge on any atom is 0.116 e. The first-order valence-electron chi connectivity index (χ1n) is 6.77. The molecule has 1 fully saturated rings. The highest BCUT2D eigenvalue weighted by molar-refractivity contribution is 7.99. The second-order valence-corrected chi connectivity index (χ2v) is 7.03. The molecule has 1 heterocycles. The van der Waals surface area contributed by atoms with Crippen LogP contribution in [0, 0.1) is 5.41 Å². The molecule has 1 N–H and O–H groups in total. The minimum absolute atomic E-state index is 0.455. The fourth-order valence-electron chi connectivity index (χ4n) is 2.64. The average molecular weight is 265 g/mol. The van der Waals surface area contributed by atoms with Crippen molar-refractivity contribution in [1.29, 1.82) is 0 Å². The SMILES string of the molecule is CCNC1CCC(C)(C)CC1Sc1ccncn1. The highest BCUT2D eigenvalue weighted by Crippen LogP contribution is 2.42. The summed E-state index contributed by atoms with van der Waals surface area (Å²) in [6, 6.07) is 2.62. The van der Waals surface area contributed by atoms with Crippen LogP contribution in [0.5, 0.6) is 0 Å². The Morgan fingerprint density at radius 2 is 2.33 bits per heavy atom. The van der Waals surface area contributed by atoms with Gasteiger partial charge in [0, 0.05) is 17.5 Å². The Morgan fingerprint density at radius 3 is 3.00 bits per heavy atom. The number of hydrogen-bond donors (Lipinski definition) is 1. The smallest absolute Gasteiger partial charge is 0.116 e. The van der Waals surface area contributed by atoms with Crippen LogP contribution in [0.15, 0.2) is 23.6 Å². The van der Waals surface area contributed by atoms with Gasteiger partial charge in [0.2, 0.25) is 0 Å². The largest absolute Gasteiger partial charge is 0.313 e. The Labute approximate surface area is 114 Å². The Kier molecular flexibility index (Phi) is 4.62. The number of hydrogen-bond acceptors (Lipinski definition) is 4. The first kappa shape index (κ1) is 13.8. The van der Waals surface area contributed by atoms with Gasteiger partial charge in [-0.1, -0.05) is 20.8 Å². The lowest BCUT2D eigenvalue weighted by Crippen LogP contribution is -2.44. The molecule has 3 nitrogen and oxygen atoms in total. The molecule has 0 bridgehead atoms. The minimum atomic E-state index is 0.455. The van der Waals surface area contributed by atoms with Gasteiger partial charge >= 0.3 is 0 Å². The zero-order chi connectivity index (χ0) is 13.0. The number of aromatic nitrogens is 2. The second kappa shape index (κ2) is 6.02. The summed E-state index contributed by atoms with van der Waals surface area (Å²) >= 11 is 1.90. The highest BCUT2D eigenvalue weighted by Gasteiger charge is 2.35. The van der Waals surface area contributed by atoms with Crippen LogP contribution < -0.4 is 5.32 Å². The Bertz CT molecular complexity index is 367. The fourth-order valence-corrected chi connectivity index (χ4v) is 4.13. The molecule has 2 unspecified atom stereocenters. The van der Waals surface area contributed by atoms with Gasteiger partial charge in [-0.15, -0.1) is 11.8 Å². The number of thioether (sulfide) groups is 1. The van der Waals surface area contributed by atoms with Crippen LogP contribution in [0.1, 0.15) is 40.0 Å². The van der Waals surface area contributed by atoms with E-state index in [1.54, 1.807) is 6.33 Å². The van der Waals surface area contributed by atoms with Gasteiger partial charge in [0.1, 0.15) is 6.33 Å². The van der Waals surface area contributed by atoms with E-state index in [0.29, 0.717) is 16.7 Å². The third-order valence-electron chi connectivity index (χ3n) is 3.63. The molecule has 0 aromatic carbocycles. The van der Waals surface area contributed by atoms with Crippen LogP contribution in [-0.2, 0) is 0 Å². The van der Waals surface area contributed by atoms with E-state index in [1.165, 1.54) is 19.3 Å². The molecule has 4 heteroatoms. The van der Waals surface area contributed by atoms with E-state index in [0.717, 1.165) is 11.6 Å². The van der Waals surface area contributed by atoms with Crippen molar-refractivity contribution in [2.45, 2.75) is 56.4 Å². The summed E-state index contributed by atoms with van der Waals surface area (Å²) in [4.78, 5) is 8.32. The van der Waals surface area contributed by atoms with Crippen molar-refractivity contribution in [2.24, 2.45) is 5.41 Å². The summed E-state index contributed by atoms with van der Waals surface area (Å²) in [6.45, 7) is 7.99. The van der Waals surface area contributed by atoms with Crippen molar-refractivity contribution >= 4 is 11.8 Å². The van der Waals surface area contributed by atoms with Crippen molar-refractivity contribution in [2.75, 3.05) is 6.54 Å². The van der Waals surface area contributed by atoms with Crippen LogP contribution in [0.25, 0.3) is 0 Å². The number of rotatable bonds is 4. The van der Waals surface area contributed by atoms with Gasteiger partial charge in [0.05, 0.1) is 5.03 Å². The summed E-state index contributed by atoms with van der Waals surface area (Å²) in [5, 5.41) is 5.34. The van der Waals surface area contributed by atoms with Gasteiger partial charge in [-0.2, -0.15) is 0 Å². The van der Waals surface area contributed by atoms with Crippen LogP contribution in [0.3, 0.4) is 0 Å². The summed E-state index contributed by atoms with van der Waals surface area (Å²) in [5.74, 6) is 0. The third kappa shape index (κ3) is 3.69. The van der Waals surface area contributed by atoms with Crippen LogP contribution in [-0.4, -0.2) is 27.8 Å². The summed E-state index contributed by atoms with van der Waals surface area (Å²) in [7, 11) is 0. The molecule has 100 valence electrons. The molecule has 1 aromatic rings. The molecule has 0 radical (unpaired) electrons. The first-order valence-corrected chi connectivity index (χ1v) is 7.65. The predicted octanol–water partition coefficient (Wildman–Crippen LogP) is 3.13. The van der Waals surface area contributed by atoms with Gasteiger partial charge in [0.25, 0.3) is 0 Å². The van der Waals surface area contributed by atoms with E-state index in [4.69, 9.17) is 0 Å². The lowest BCUT2D eigenvalue weighted by atomic mass is 9.75. The molecule has 0 spiro atoms. The number of nitrogens with one attached hydrogen (secondary N) is 1. The molecule has 1 aromatic heterocycles. The monoisotopic (exact) mass is 265 g/mol. The normalized spacial score (nSPS) is 27.1.